The maximum absolute atomic E-state index is 14.8. The summed E-state index contributed by atoms with van der Waals surface area (Å²) in [4.78, 5) is 24.5. The fraction of sp³-hybridized carbons (Fsp3) is 0.533. The number of esters is 1. The molecule has 0 aliphatic heterocycles. The number of ether oxygens (including phenoxy) is 2. The molecular weight excluding hydrogens is 493 g/mol. The second kappa shape index (κ2) is 15.1. The fourth-order valence-electron chi connectivity index (χ4n) is 5.08. The molecule has 1 aliphatic rings. The van der Waals surface area contributed by atoms with Crippen molar-refractivity contribution in [3.05, 3.63) is 70.0 Å². The molecule has 2 atom stereocenters. The van der Waals surface area contributed by atoms with Gasteiger partial charge < -0.3 is 14.8 Å². The lowest BCUT2D eigenvalue weighted by Gasteiger charge is -2.26. The van der Waals surface area contributed by atoms with E-state index in [2.05, 4.69) is 17.0 Å². The van der Waals surface area contributed by atoms with Gasteiger partial charge in [0.1, 0.15) is 11.9 Å². The number of halogens is 2. The summed E-state index contributed by atoms with van der Waals surface area (Å²) in [6, 6.07) is 11.7. The Kier molecular flexibility index (Phi) is 11.9. The topological polar surface area (TPSA) is 64.6 Å². The zero-order valence-corrected chi connectivity index (χ0v) is 22.7. The highest BCUT2D eigenvalue weighted by atomic mass is 35.5. The minimum absolute atomic E-state index is 0.00444. The SMILES string of the molecule is CC[C@H](CNC(=O)c1cc(C(OCCCC(=O)OC)c2cccc(Cl)c2)ccc1F)CC1CCCCC1. The van der Waals surface area contributed by atoms with E-state index in [-0.39, 0.29) is 24.6 Å². The number of benzene rings is 2. The Hall–Kier alpha value is -2.44. The van der Waals surface area contributed by atoms with E-state index in [0.29, 0.717) is 29.5 Å². The molecule has 0 heterocycles. The van der Waals surface area contributed by atoms with Gasteiger partial charge in [0.2, 0.25) is 0 Å². The smallest absolute Gasteiger partial charge is 0.305 e. The van der Waals surface area contributed by atoms with Crippen molar-refractivity contribution in [2.45, 2.75) is 70.8 Å². The van der Waals surface area contributed by atoms with Crippen molar-refractivity contribution in [1.29, 1.82) is 0 Å². The molecular formula is C30H39ClFNO4. The first-order valence-corrected chi connectivity index (χ1v) is 13.8. The summed E-state index contributed by atoms with van der Waals surface area (Å²) in [6.07, 6.45) is 8.67. The van der Waals surface area contributed by atoms with E-state index < -0.39 is 17.8 Å². The molecule has 0 spiro atoms. The van der Waals surface area contributed by atoms with Crippen molar-refractivity contribution in [3.8, 4) is 0 Å². The molecule has 2 aromatic rings. The van der Waals surface area contributed by atoms with Crippen molar-refractivity contribution in [3.63, 3.8) is 0 Å². The maximum Gasteiger partial charge on any atom is 0.305 e. The van der Waals surface area contributed by atoms with Gasteiger partial charge in [-0.1, -0.05) is 75.2 Å². The van der Waals surface area contributed by atoms with E-state index in [1.54, 1.807) is 24.3 Å². The number of nitrogens with one attached hydrogen (secondary N) is 1. The highest BCUT2D eigenvalue weighted by Gasteiger charge is 2.22. The lowest BCUT2D eigenvalue weighted by Crippen LogP contribution is -2.31. The number of carbonyl (C=O) groups is 2. The first-order valence-electron chi connectivity index (χ1n) is 13.4. The van der Waals surface area contributed by atoms with Crippen LogP contribution in [0.15, 0.2) is 42.5 Å². The Balaban J connectivity index is 1.71. The van der Waals surface area contributed by atoms with Crippen LogP contribution in [0, 0.1) is 17.7 Å². The summed E-state index contributed by atoms with van der Waals surface area (Å²) < 4.78 is 25.6. The second-order valence-electron chi connectivity index (χ2n) is 9.95. The van der Waals surface area contributed by atoms with Crippen LogP contribution < -0.4 is 5.32 Å². The van der Waals surface area contributed by atoms with Crippen LogP contribution in [-0.2, 0) is 14.3 Å². The van der Waals surface area contributed by atoms with E-state index >= 15 is 0 Å². The van der Waals surface area contributed by atoms with Crippen LogP contribution in [0.1, 0.15) is 92.3 Å². The van der Waals surface area contributed by atoms with Gasteiger partial charge in [0, 0.05) is 24.6 Å². The monoisotopic (exact) mass is 531 g/mol. The molecule has 7 heteroatoms. The first-order chi connectivity index (χ1) is 17.9. The van der Waals surface area contributed by atoms with Gasteiger partial charge in [-0.2, -0.15) is 0 Å². The lowest BCUT2D eigenvalue weighted by atomic mass is 9.82. The summed E-state index contributed by atoms with van der Waals surface area (Å²) in [5.41, 5.74) is 1.42. The summed E-state index contributed by atoms with van der Waals surface area (Å²) >= 11 is 6.22. The fourth-order valence-corrected chi connectivity index (χ4v) is 5.27. The third kappa shape index (κ3) is 9.11. The van der Waals surface area contributed by atoms with Gasteiger partial charge >= 0.3 is 5.97 Å². The van der Waals surface area contributed by atoms with Crippen LogP contribution in [0.25, 0.3) is 0 Å². The van der Waals surface area contributed by atoms with E-state index in [1.807, 2.05) is 12.1 Å². The molecule has 0 saturated heterocycles. The molecule has 1 fully saturated rings. The predicted molar refractivity (Wildman–Crippen MR) is 144 cm³/mol. The number of hydrogen-bond donors (Lipinski definition) is 1. The average molecular weight is 532 g/mol. The number of amides is 1. The minimum atomic E-state index is -0.572. The summed E-state index contributed by atoms with van der Waals surface area (Å²) in [6.45, 7) is 2.97. The largest absolute Gasteiger partial charge is 0.469 e. The standard InChI is InChI=1S/C30H39ClFNO4/c1-3-21(17-22-9-5-4-6-10-22)20-33-30(35)26-19-24(14-15-27(26)32)29(23-11-7-12-25(31)18-23)37-16-8-13-28(34)36-2/h7,11-12,14-15,18-19,21-22,29H,3-6,8-10,13,16-17,20H2,1-2H3,(H,33,35)/t21-,29?/m0/s1. The highest BCUT2D eigenvalue weighted by Crippen LogP contribution is 2.31. The predicted octanol–water partition coefficient (Wildman–Crippen LogP) is 7.26. The van der Waals surface area contributed by atoms with Gasteiger partial charge in [-0.3, -0.25) is 9.59 Å². The van der Waals surface area contributed by atoms with Gasteiger partial charge in [0.05, 0.1) is 12.7 Å². The number of rotatable bonds is 13. The molecule has 0 aromatic heterocycles. The zero-order valence-electron chi connectivity index (χ0n) is 21.9. The second-order valence-corrected chi connectivity index (χ2v) is 10.4. The van der Waals surface area contributed by atoms with Crippen molar-refractivity contribution in [2.75, 3.05) is 20.3 Å². The van der Waals surface area contributed by atoms with Gasteiger partial charge in [-0.25, -0.2) is 4.39 Å². The van der Waals surface area contributed by atoms with E-state index in [0.717, 1.165) is 24.3 Å². The molecule has 1 aliphatic carbocycles. The molecule has 5 nitrogen and oxygen atoms in total. The van der Waals surface area contributed by atoms with Crippen LogP contribution in [0.3, 0.4) is 0 Å². The van der Waals surface area contributed by atoms with Gasteiger partial charge in [-0.05, 0) is 60.1 Å². The Morgan fingerprint density at radius 3 is 2.57 bits per heavy atom. The van der Waals surface area contributed by atoms with E-state index in [1.165, 1.54) is 45.3 Å². The van der Waals surface area contributed by atoms with Crippen LogP contribution in [0.5, 0.6) is 0 Å². The molecule has 3 rings (SSSR count). The number of carbonyl (C=O) groups excluding carboxylic acids is 2. The molecule has 1 N–H and O–H groups in total. The summed E-state index contributed by atoms with van der Waals surface area (Å²) in [7, 11) is 1.35. The highest BCUT2D eigenvalue weighted by molar-refractivity contribution is 6.30. The van der Waals surface area contributed by atoms with Gasteiger partial charge in [0.25, 0.3) is 5.91 Å². The molecule has 37 heavy (non-hydrogen) atoms. The van der Waals surface area contributed by atoms with Crippen LogP contribution in [0.2, 0.25) is 5.02 Å². The van der Waals surface area contributed by atoms with Crippen LogP contribution in [0.4, 0.5) is 4.39 Å². The molecule has 1 amide bonds. The number of methoxy groups -OCH3 is 1. The molecule has 0 bridgehead atoms. The third-order valence-corrected chi connectivity index (χ3v) is 7.48. The quantitative estimate of drug-likeness (QED) is 0.218. The molecule has 1 unspecified atom stereocenters. The number of hydrogen-bond acceptors (Lipinski definition) is 4. The molecule has 2 aromatic carbocycles. The zero-order chi connectivity index (χ0) is 26.6. The summed E-state index contributed by atoms with van der Waals surface area (Å²) in [5.74, 6) is -0.187. The minimum Gasteiger partial charge on any atom is -0.469 e. The lowest BCUT2D eigenvalue weighted by molar-refractivity contribution is -0.141. The first kappa shape index (κ1) is 29.1. The third-order valence-electron chi connectivity index (χ3n) is 7.25. The van der Waals surface area contributed by atoms with Crippen molar-refractivity contribution >= 4 is 23.5 Å². The van der Waals surface area contributed by atoms with E-state index in [9.17, 15) is 14.0 Å². The normalized spacial score (nSPS) is 15.7. The van der Waals surface area contributed by atoms with Crippen LogP contribution >= 0.6 is 11.6 Å². The van der Waals surface area contributed by atoms with Crippen LogP contribution in [-0.4, -0.2) is 32.1 Å². The van der Waals surface area contributed by atoms with Crippen molar-refractivity contribution < 1.29 is 23.5 Å². The van der Waals surface area contributed by atoms with Crippen molar-refractivity contribution in [1.82, 2.24) is 5.32 Å². The van der Waals surface area contributed by atoms with Gasteiger partial charge in [-0.15, -0.1) is 0 Å². The Morgan fingerprint density at radius 1 is 1.11 bits per heavy atom. The molecule has 202 valence electrons. The Morgan fingerprint density at radius 2 is 1.86 bits per heavy atom. The Labute approximate surface area is 225 Å². The Bertz CT molecular complexity index is 1020. The van der Waals surface area contributed by atoms with Crippen molar-refractivity contribution in [2.24, 2.45) is 11.8 Å². The van der Waals surface area contributed by atoms with E-state index in [4.69, 9.17) is 16.3 Å². The van der Waals surface area contributed by atoms with Gasteiger partial charge in [0.15, 0.2) is 0 Å². The average Bonchev–Trinajstić information content (AvgIpc) is 2.91. The molecule has 1 saturated carbocycles. The summed E-state index contributed by atoms with van der Waals surface area (Å²) in [5, 5.41) is 3.52. The maximum atomic E-state index is 14.8. The molecule has 0 radical (unpaired) electrons.